The summed E-state index contributed by atoms with van der Waals surface area (Å²) in [5.74, 6) is 1.10. The molecule has 0 aliphatic carbocycles. The van der Waals surface area contributed by atoms with Gasteiger partial charge in [0.2, 0.25) is 0 Å². The zero-order valence-corrected chi connectivity index (χ0v) is 11.3. The lowest BCUT2D eigenvalue weighted by molar-refractivity contribution is 0.156. The van der Waals surface area contributed by atoms with E-state index >= 15 is 0 Å². The van der Waals surface area contributed by atoms with E-state index in [0.717, 1.165) is 12.5 Å². The van der Waals surface area contributed by atoms with Crippen LogP contribution in [0.2, 0.25) is 0 Å². The highest BCUT2D eigenvalue weighted by Gasteiger charge is 2.20. The molecule has 1 aliphatic rings. The zero-order valence-electron chi connectivity index (χ0n) is 11.3. The van der Waals surface area contributed by atoms with Gasteiger partial charge in [-0.3, -0.25) is 0 Å². The van der Waals surface area contributed by atoms with Crippen molar-refractivity contribution in [3.8, 4) is 0 Å². The van der Waals surface area contributed by atoms with Gasteiger partial charge < -0.3 is 20.7 Å². The van der Waals surface area contributed by atoms with E-state index in [4.69, 9.17) is 10.9 Å². The van der Waals surface area contributed by atoms with Gasteiger partial charge in [-0.25, -0.2) is 0 Å². The fraction of sp³-hybridized carbons (Fsp3) is 0.917. The summed E-state index contributed by atoms with van der Waals surface area (Å²) >= 11 is 0. The topological polar surface area (TPSA) is 65.1 Å². The molecule has 0 saturated carbocycles. The quantitative estimate of drug-likeness (QED) is 0.324. The molecule has 0 amide bonds. The summed E-state index contributed by atoms with van der Waals surface area (Å²) < 4.78 is 0. The van der Waals surface area contributed by atoms with Crippen molar-refractivity contribution in [1.29, 1.82) is 0 Å². The van der Waals surface area contributed by atoms with Crippen molar-refractivity contribution >= 4 is 5.84 Å². The van der Waals surface area contributed by atoms with Crippen molar-refractivity contribution in [1.82, 2.24) is 9.80 Å². The monoisotopic (exact) mass is 242 g/mol. The Hall–Kier alpha value is -0.810. The molecule has 1 unspecified atom stereocenters. The Morgan fingerprint density at radius 3 is 2.65 bits per heavy atom. The van der Waals surface area contributed by atoms with E-state index in [9.17, 15) is 0 Å². The molecule has 0 spiro atoms. The highest BCUT2D eigenvalue weighted by Crippen LogP contribution is 2.18. The number of amidine groups is 1. The predicted molar refractivity (Wildman–Crippen MR) is 70.3 cm³/mol. The number of oxime groups is 1. The van der Waals surface area contributed by atoms with Gasteiger partial charge in [-0.1, -0.05) is 5.16 Å². The summed E-state index contributed by atoms with van der Waals surface area (Å²) in [7, 11) is 4.30. The maximum atomic E-state index is 8.55. The lowest BCUT2D eigenvalue weighted by atomic mass is 9.96. The van der Waals surface area contributed by atoms with Crippen LogP contribution in [0.5, 0.6) is 0 Å². The van der Waals surface area contributed by atoms with E-state index in [1.54, 1.807) is 0 Å². The van der Waals surface area contributed by atoms with Crippen LogP contribution in [0.3, 0.4) is 0 Å². The summed E-state index contributed by atoms with van der Waals surface area (Å²) in [6.45, 7) is 5.63. The Morgan fingerprint density at radius 1 is 1.53 bits per heavy atom. The molecular weight excluding hydrogens is 216 g/mol. The van der Waals surface area contributed by atoms with Crippen LogP contribution in [0.15, 0.2) is 5.16 Å². The first kappa shape index (κ1) is 14.3. The molecule has 1 saturated heterocycles. The van der Waals surface area contributed by atoms with Gasteiger partial charge in [0.25, 0.3) is 0 Å². The second-order valence-corrected chi connectivity index (χ2v) is 5.33. The third-order valence-corrected chi connectivity index (χ3v) is 3.77. The number of hydrogen-bond acceptors (Lipinski definition) is 4. The smallest absolute Gasteiger partial charge is 0.140 e. The molecule has 5 nitrogen and oxygen atoms in total. The molecule has 0 radical (unpaired) electrons. The minimum absolute atomic E-state index is 0.313. The highest BCUT2D eigenvalue weighted by atomic mass is 16.4. The fourth-order valence-electron chi connectivity index (χ4n) is 2.33. The van der Waals surface area contributed by atoms with Gasteiger partial charge in [0.1, 0.15) is 5.84 Å². The van der Waals surface area contributed by atoms with Crippen molar-refractivity contribution in [3.63, 3.8) is 0 Å². The molecule has 1 atom stereocenters. The molecule has 1 aliphatic heterocycles. The molecule has 1 rings (SSSR count). The van der Waals surface area contributed by atoms with E-state index in [-0.39, 0.29) is 0 Å². The number of piperidine rings is 1. The van der Waals surface area contributed by atoms with Crippen molar-refractivity contribution in [3.05, 3.63) is 0 Å². The number of nitrogens with zero attached hydrogens (tertiary/aromatic N) is 3. The van der Waals surface area contributed by atoms with E-state index in [0.29, 0.717) is 18.3 Å². The molecule has 0 aromatic heterocycles. The SMILES string of the molecule is CC(CC(N)=NO)N(C)CC1CCN(C)CC1. The third kappa shape index (κ3) is 4.91. The molecule has 100 valence electrons. The molecule has 0 aromatic carbocycles. The Bertz CT molecular complexity index is 249. The van der Waals surface area contributed by atoms with Crippen LogP contribution in [0, 0.1) is 5.92 Å². The average molecular weight is 242 g/mol. The molecule has 17 heavy (non-hydrogen) atoms. The van der Waals surface area contributed by atoms with Crippen molar-refractivity contribution < 1.29 is 5.21 Å². The molecule has 5 heteroatoms. The highest BCUT2D eigenvalue weighted by molar-refractivity contribution is 5.80. The summed E-state index contributed by atoms with van der Waals surface area (Å²) in [6, 6.07) is 0.325. The Kier molecular flexibility index (Phi) is 5.71. The van der Waals surface area contributed by atoms with Crippen molar-refractivity contribution in [2.75, 3.05) is 33.7 Å². The van der Waals surface area contributed by atoms with Gasteiger partial charge >= 0.3 is 0 Å². The van der Waals surface area contributed by atoms with Crippen LogP contribution in [-0.2, 0) is 0 Å². The van der Waals surface area contributed by atoms with Gasteiger partial charge in [-0.05, 0) is 52.9 Å². The standard InChI is InChI=1S/C12H26N4O/c1-10(8-12(13)14-17)16(3)9-11-4-6-15(2)7-5-11/h10-11,17H,4-9H2,1-3H3,(H2,13,14). The molecule has 1 fully saturated rings. The van der Waals surface area contributed by atoms with Crippen molar-refractivity contribution in [2.24, 2.45) is 16.8 Å². The number of nitrogens with two attached hydrogens (primary N) is 1. The Labute approximate surface area is 104 Å². The van der Waals surface area contributed by atoms with Crippen LogP contribution < -0.4 is 5.73 Å². The predicted octanol–water partition coefficient (Wildman–Crippen LogP) is 0.785. The minimum Gasteiger partial charge on any atom is -0.409 e. The van der Waals surface area contributed by atoms with Gasteiger partial charge in [-0.2, -0.15) is 0 Å². The molecule has 3 N–H and O–H groups in total. The summed E-state index contributed by atoms with van der Waals surface area (Å²) in [4.78, 5) is 4.70. The first-order valence-electron chi connectivity index (χ1n) is 6.38. The lowest BCUT2D eigenvalue weighted by Gasteiger charge is -2.33. The first-order chi connectivity index (χ1) is 8.02. The van der Waals surface area contributed by atoms with E-state index in [1.807, 2.05) is 0 Å². The van der Waals surface area contributed by atoms with Crippen LogP contribution in [0.25, 0.3) is 0 Å². The Balaban J connectivity index is 2.30. The maximum Gasteiger partial charge on any atom is 0.140 e. The molecule has 0 bridgehead atoms. The molecule has 0 aromatic rings. The van der Waals surface area contributed by atoms with Gasteiger partial charge in [0, 0.05) is 19.0 Å². The van der Waals surface area contributed by atoms with E-state index in [1.165, 1.54) is 25.9 Å². The lowest BCUT2D eigenvalue weighted by Crippen LogP contribution is -2.40. The number of likely N-dealkylation sites (tertiary alicyclic amines) is 1. The second-order valence-electron chi connectivity index (χ2n) is 5.33. The van der Waals surface area contributed by atoms with Crippen LogP contribution in [-0.4, -0.2) is 60.6 Å². The first-order valence-corrected chi connectivity index (χ1v) is 6.38. The van der Waals surface area contributed by atoms with Crippen molar-refractivity contribution in [2.45, 2.75) is 32.2 Å². The minimum atomic E-state index is 0.313. The fourth-order valence-corrected chi connectivity index (χ4v) is 2.33. The summed E-state index contributed by atoms with van der Waals surface area (Å²) in [5.41, 5.74) is 5.53. The Morgan fingerprint density at radius 2 is 2.12 bits per heavy atom. The second kappa shape index (κ2) is 6.81. The summed E-state index contributed by atoms with van der Waals surface area (Å²) in [6.07, 6.45) is 3.17. The van der Waals surface area contributed by atoms with Gasteiger partial charge in [0.05, 0.1) is 0 Å². The normalized spacial score (nSPS) is 22.0. The average Bonchev–Trinajstić information content (AvgIpc) is 2.31. The van der Waals surface area contributed by atoms with E-state index < -0.39 is 0 Å². The maximum absolute atomic E-state index is 8.55. The molecule has 1 heterocycles. The van der Waals surface area contributed by atoms with Gasteiger partial charge in [0.15, 0.2) is 0 Å². The largest absolute Gasteiger partial charge is 0.409 e. The van der Waals surface area contributed by atoms with Crippen LogP contribution in [0.1, 0.15) is 26.2 Å². The molecular formula is C12H26N4O. The zero-order chi connectivity index (χ0) is 12.8. The third-order valence-electron chi connectivity index (χ3n) is 3.77. The number of hydrogen-bond donors (Lipinski definition) is 2. The number of rotatable bonds is 5. The van der Waals surface area contributed by atoms with Crippen LogP contribution in [0.4, 0.5) is 0 Å². The summed E-state index contributed by atoms with van der Waals surface area (Å²) in [5, 5.41) is 11.6. The van der Waals surface area contributed by atoms with Gasteiger partial charge in [-0.15, -0.1) is 0 Å². The van der Waals surface area contributed by atoms with Crippen LogP contribution >= 0.6 is 0 Å². The van der Waals surface area contributed by atoms with E-state index in [2.05, 4.69) is 36.0 Å².